The number of hydrogen-bond donors (Lipinski definition) is 0. The van der Waals surface area contributed by atoms with Gasteiger partial charge in [0.15, 0.2) is 0 Å². The molecule has 3 aromatic carbocycles. The summed E-state index contributed by atoms with van der Waals surface area (Å²) >= 11 is 0. The Bertz CT molecular complexity index is 1300. The van der Waals surface area contributed by atoms with Gasteiger partial charge in [0.25, 0.3) is 0 Å². The first kappa shape index (κ1) is 23.8. The van der Waals surface area contributed by atoms with Crippen molar-refractivity contribution in [1.82, 2.24) is 4.57 Å². The summed E-state index contributed by atoms with van der Waals surface area (Å²) in [6.07, 6.45) is 0.679. The summed E-state index contributed by atoms with van der Waals surface area (Å²) in [5.41, 5.74) is 8.98. The Balaban J connectivity index is 1.85. The van der Waals surface area contributed by atoms with Crippen LogP contribution in [0.25, 0.3) is 10.9 Å². The SMILES string of the molecule is CCOC(=O)c1c(Cc2ccc(C(C)(C)C)cc2)c2ccccc2n1Cc1cc(C)cc(C)c1. The zero-order valence-electron chi connectivity index (χ0n) is 21.2. The van der Waals surface area contributed by atoms with E-state index in [2.05, 4.69) is 93.8 Å². The van der Waals surface area contributed by atoms with Crippen LogP contribution in [0.4, 0.5) is 0 Å². The standard InChI is InChI=1S/C31H35NO2/c1-7-34-30(33)29-27(19-23-12-14-25(15-13-23)31(4,5)6)26-10-8-9-11-28(26)32(29)20-24-17-21(2)16-22(3)18-24/h8-18H,7,19-20H2,1-6H3. The van der Waals surface area contributed by atoms with Gasteiger partial charge < -0.3 is 9.30 Å². The van der Waals surface area contributed by atoms with Gasteiger partial charge in [0, 0.05) is 23.9 Å². The molecule has 34 heavy (non-hydrogen) atoms. The van der Waals surface area contributed by atoms with Crippen molar-refractivity contribution in [3.05, 3.63) is 106 Å². The van der Waals surface area contributed by atoms with Crippen molar-refractivity contribution in [3.63, 3.8) is 0 Å². The van der Waals surface area contributed by atoms with Gasteiger partial charge in [-0.1, -0.05) is 92.6 Å². The summed E-state index contributed by atoms with van der Waals surface area (Å²) in [6.45, 7) is 13.7. The first-order valence-electron chi connectivity index (χ1n) is 12.1. The number of benzene rings is 3. The van der Waals surface area contributed by atoms with Crippen molar-refractivity contribution in [2.24, 2.45) is 0 Å². The molecule has 0 amide bonds. The van der Waals surface area contributed by atoms with E-state index in [4.69, 9.17) is 4.74 Å². The second-order valence-corrected chi connectivity index (χ2v) is 10.3. The number of rotatable bonds is 6. The molecule has 0 aliphatic carbocycles. The van der Waals surface area contributed by atoms with Gasteiger partial charge in [-0.15, -0.1) is 0 Å². The Morgan fingerprint density at radius 1 is 0.882 bits per heavy atom. The summed E-state index contributed by atoms with van der Waals surface area (Å²) in [5, 5.41) is 1.11. The first-order valence-corrected chi connectivity index (χ1v) is 12.1. The summed E-state index contributed by atoms with van der Waals surface area (Å²) < 4.78 is 7.71. The number of hydrogen-bond acceptors (Lipinski definition) is 2. The molecule has 0 unspecified atom stereocenters. The van der Waals surface area contributed by atoms with E-state index >= 15 is 0 Å². The number of para-hydroxylation sites is 1. The van der Waals surface area contributed by atoms with Gasteiger partial charge in [-0.3, -0.25) is 0 Å². The molecule has 0 saturated carbocycles. The van der Waals surface area contributed by atoms with Crippen molar-refractivity contribution < 1.29 is 9.53 Å². The average Bonchev–Trinajstić information content (AvgIpc) is 3.06. The minimum atomic E-state index is -0.260. The molecule has 0 atom stereocenters. The summed E-state index contributed by atoms with van der Waals surface area (Å²) in [7, 11) is 0. The van der Waals surface area contributed by atoms with Gasteiger partial charge in [0.2, 0.25) is 0 Å². The third kappa shape index (κ3) is 4.94. The average molecular weight is 454 g/mol. The van der Waals surface area contributed by atoms with Crippen LogP contribution in [0.3, 0.4) is 0 Å². The molecule has 0 radical (unpaired) electrons. The fourth-order valence-electron chi connectivity index (χ4n) is 4.82. The smallest absolute Gasteiger partial charge is 0.355 e. The van der Waals surface area contributed by atoms with E-state index in [9.17, 15) is 4.79 Å². The molecule has 0 fully saturated rings. The Labute approximate surface area is 203 Å². The second-order valence-electron chi connectivity index (χ2n) is 10.3. The van der Waals surface area contributed by atoms with Crippen LogP contribution in [-0.4, -0.2) is 17.1 Å². The Morgan fingerprint density at radius 3 is 2.15 bits per heavy atom. The Morgan fingerprint density at radius 2 is 1.53 bits per heavy atom. The minimum absolute atomic E-state index is 0.108. The van der Waals surface area contributed by atoms with Crippen LogP contribution in [0.2, 0.25) is 0 Å². The fourth-order valence-corrected chi connectivity index (χ4v) is 4.82. The molecule has 4 rings (SSSR count). The molecule has 4 aromatic rings. The highest BCUT2D eigenvalue weighted by molar-refractivity contribution is 5.99. The fraction of sp³-hybridized carbons (Fsp3) is 0.323. The lowest BCUT2D eigenvalue weighted by Crippen LogP contribution is -2.15. The van der Waals surface area contributed by atoms with E-state index in [0.29, 0.717) is 25.3 Å². The number of nitrogens with zero attached hydrogens (tertiary/aromatic N) is 1. The molecule has 0 spiro atoms. The summed E-state index contributed by atoms with van der Waals surface area (Å²) in [4.78, 5) is 13.3. The lowest BCUT2D eigenvalue weighted by Gasteiger charge is -2.19. The zero-order chi connectivity index (χ0) is 24.5. The monoisotopic (exact) mass is 453 g/mol. The van der Waals surface area contributed by atoms with Crippen LogP contribution < -0.4 is 0 Å². The maximum Gasteiger partial charge on any atom is 0.355 e. The molecule has 3 heteroatoms. The van der Waals surface area contributed by atoms with Crippen molar-refractivity contribution in [2.75, 3.05) is 6.61 Å². The lowest BCUT2D eigenvalue weighted by atomic mass is 9.86. The second kappa shape index (κ2) is 9.50. The first-order chi connectivity index (χ1) is 16.2. The highest BCUT2D eigenvalue weighted by Crippen LogP contribution is 2.31. The van der Waals surface area contributed by atoms with Crippen LogP contribution in [-0.2, 0) is 23.1 Å². The van der Waals surface area contributed by atoms with E-state index in [1.165, 1.54) is 27.8 Å². The highest BCUT2D eigenvalue weighted by Gasteiger charge is 2.24. The lowest BCUT2D eigenvalue weighted by molar-refractivity contribution is 0.0514. The molecule has 0 aliphatic rings. The van der Waals surface area contributed by atoms with E-state index in [1.54, 1.807) is 0 Å². The summed E-state index contributed by atoms with van der Waals surface area (Å²) in [5.74, 6) is -0.260. The normalized spacial score (nSPS) is 11.7. The Hall–Kier alpha value is -3.33. The van der Waals surface area contributed by atoms with Crippen LogP contribution in [0.15, 0.2) is 66.7 Å². The quantitative estimate of drug-likeness (QED) is 0.285. The van der Waals surface area contributed by atoms with Crippen molar-refractivity contribution in [2.45, 2.75) is 59.9 Å². The molecule has 0 N–H and O–H groups in total. The topological polar surface area (TPSA) is 31.2 Å². The van der Waals surface area contributed by atoms with Crippen molar-refractivity contribution in [1.29, 1.82) is 0 Å². The number of fused-ring (bicyclic) bond motifs is 1. The largest absolute Gasteiger partial charge is 0.461 e. The third-order valence-electron chi connectivity index (χ3n) is 6.37. The molecule has 1 aromatic heterocycles. The number of aromatic nitrogens is 1. The van der Waals surface area contributed by atoms with Crippen LogP contribution in [0, 0.1) is 13.8 Å². The van der Waals surface area contributed by atoms with Crippen LogP contribution in [0.1, 0.15) is 71.6 Å². The highest BCUT2D eigenvalue weighted by atomic mass is 16.5. The number of aryl methyl sites for hydroxylation is 2. The van der Waals surface area contributed by atoms with Gasteiger partial charge in [-0.25, -0.2) is 4.79 Å². The molecule has 176 valence electrons. The predicted molar refractivity (Wildman–Crippen MR) is 141 cm³/mol. The predicted octanol–water partition coefficient (Wildman–Crippen LogP) is 7.37. The maximum atomic E-state index is 13.3. The van der Waals surface area contributed by atoms with E-state index in [1.807, 2.05) is 19.1 Å². The molecule has 0 aliphatic heterocycles. The van der Waals surface area contributed by atoms with Gasteiger partial charge in [0.1, 0.15) is 5.69 Å². The van der Waals surface area contributed by atoms with Gasteiger partial charge in [-0.05, 0) is 54.5 Å². The molecule has 3 nitrogen and oxygen atoms in total. The van der Waals surface area contributed by atoms with Crippen LogP contribution in [0.5, 0.6) is 0 Å². The molecule has 1 heterocycles. The van der Waals surface area contributed by atoms with Crippen molar-refractivity contribution >= 4 is 16.9 Å². The minimum Gasteiger partial charge on any atom is -0.461 e. The van der Waals surface area contributed by atoms with Crippen LogP contribution >= 0.6 is 0 Å². The third-order valence-corrected chi connectivity index (χ3v) is 6.37. The van der Waals surface area contributed by atoms with Gasteiger partial charge in [0.05, 0.1) is 6.61 Å². The van der Waals surface area contributed by atoms with E-state index in [0.717, 1.165) is 16.5 Å². The summed E-state index contributed by atoms with van der Waals surface area (Å²) in [6, 6.07) is 23.7. The number of carbonyl (C=O) groups excluding carboxylic acids is 1. The van der Waals surface area contributed by atoms with Gasteiger partial charge >= 0.3 is 5.97 Å². The number of ether oxygens (including phenoxy) is 1. The molecule has 0 bridgehead atoms. The molecular weight excluding hydrogens is 418 g/mol. The van der Waals surface area contributed by atoms with Crippen molar-refractivity contribution in [3.8, 4) is 0 Å². The number of esters is 1. The molecule has 0 saturated heterocycles. The van der Waals surface area contributed by atoms with E-state index in [-0.39, 0.29) is 11.4 Å². The van der Waals surface area contributed by atoms with Gasteiger partial charge in [-0.2, -0.15) is 0 Å². The number of carbonyl (C=O) groups is 1. The Kier molecular flexibility index (Phi) is 6.65. The molecular formula is C31H35NO2. The zero-order valence-corrected chi connectivity index (χ0v) is 21.2. The maximum absolute atomic E-state index is 13.3. The van der Waals surface area contributed by atoms with E-state index < -0.39 is 0 Å².